The van der Waals surface area contributed by atoms with Crippen molar-refractivity contribution in [2.75, 3.05) is 24.5 Å². The average molecular weight is 326 g/mol. The molecule has 0 aliphatic carbocycles. The number of anilines is 1. The summed E-state index contributed by atoms with van der Waals surface area (Å²) in [4.78, 5) is 23.0. The van der Waals surface area contributed by atoms with Crippen molar-refractivity contribution in [1.82, 2.24) is 15.3 Å². The van der Waals surface area contributed by atoms with E-state index in [1.54, 1.807) is 12.4 Å². The standard InChI is InChI=1S/C19H26N4O/c1-3-12-23(13-4-2)19-21-14-17(15-22-19)18(24)20-11-10-16-8-6-5-7-9-16/h5-9,14-15H,3-4,10-13H2,1-2H3,(H,20,24). The molecule has 1 N–H and O–H groups in total. The first-order chi connectivity index (χ1) is 11.7. The zero-order valence-electron chi connectivity index (χ0n) is 14.5. The van der Waals surface area contributed by atoms with Gasteiger partial charge < -0.3 is 10.2 Å². The Kier molecular flexibility index (Phi) is 7.21. The lowest BCUT2D eigenvalue weighted by Crippen LogP contribution is -2.28. The molecule has 0 aliphatic rings. The van der Waals surface area contributed by atoms with Gasteiger partial charge in [0.15, 0.2) is 0 Å². The molecule has 5 nitrogen and oxygen atoms in total. The van der Waals surface area contributed by atoms with Crippen LogP contribution in [0.5, 0.6) is 0 Å². The highest BCUT2D eigenvalue weighted by Crippen LogP contribution is 2.09. The maximum absolute atomic E-state index is 12.2. The molecule has 2 rings (SSSR count). The highest BCUT2D eigenvalue weighted by Gasteiger charge is 2.10. The number of rotatable bonds is 9. The highest BCUT2D eigenvalue weighted by molar-refractivity contribution is 5.93. The number of carbonyl (C=O) groups excluding carboxylic acids is 1. The molecule has 0 spiro atoms. The van der Waals surface area contributed by atoms with Crippen LogP contribution in [0.15, 0.2) is 42.7 Å². The van der Waals surface area contributed by atoms with Crippen molar-refractivity contribution in [3.63, 3.8) is 0 Å². The summed E-state index contributed by atoms with van der Waals surface area (Å²) >= 11 is 0. The van der Waals surface area contributed by atoms with Crippen LogP contribution in [-0.4, -0.2) is 35.5 Å². The summed E-state index contributed by atoms with van der Waals surface area (Å²) in [5, 5.41) is 2.91. The van der Waals surface area contributed by atoms with Gasteiger partial charge in [0.1, 0.15) is 0 Å². The summed E-state index contributed by atoms with van der Waals surface area (Å²) in [6.45, 7) is 6.73. The Morgan fingerprint density at radius 3 is 2.25 bits per heavy atom. The Labute approximate surface area is 144 Å². The minimum absolute atomic E-state index is 0.130. The van der Waals surface area contributed by atoms with Crippen molar-refractivity contribution >= 4 is 11.9 Å². The summed E-state index contributed by atoms with van der Waals surface area (Å²) in [6, 6.07) is 10.1. The summed E-state index contributed by atoms with van der Waals surface area (Å²) in [7, 11) is 0. The molecule has 128 valence electrons. The van der Waals surface area contributed by atoms with E-state index in [1.165, 1.54) is 5.56 Å². The molecule has 24 heavy (non-hydrogen) atoms. The van der Waals surface area contributed by atoms with E-state index in [2.05, 4.69) is 46.2 Å². The predicted octanol–water partition coefficient (Wildman–Crippen LogP) is 3.08. The third kappa shape index (κ3) is 5.33. The second-order valence-electron chi connectivity index (χ2n) is 5.75. The van der Waals surface area contributed by atoms with Crippen molar-refractivity contribution in [2.45, 2.75) is 33.1 Å². The van der Waals surface area contributed by atoms with Crippen LogP contribution in [0.3, 0.4) is 0 Å². The van der Waals surface area contributed by atoms with Crippen LogP contribution in [0, 0.1) is 0 Å². The van der Waals surface area contributed by atoms with E-state index in [9.17, 15) is 4.79 Å². The molecule has 0 saturated heterocycles. The maximum atomic E-state index is 12.2. The van der Waals surface area contributed by atoms with E-state index in [0.717, 1.165) is 32.4 Å². The first-order valence-corrected chi connectivity index (χ1v) is 8.63. The van der Waals surface area contributed by atoms with Gasteiger partial charge in [0.05, 0.1) is 5.56 Å². The van der Waals surface area contributed by atoms with E-state index in [1.807, 2.05) is 18.2 Å². The van der Waals surface area contributed by atoms with Crippen LogP contribution in [0.2, 0.25) is 0 Å². The van der Waals surface area contributed by atoms with Gasteiger partial charge in [-0.05, 0) is 24.8 Å². The Morgan fingerprint density at radius 1 is 1.04 bits per heavy atom. The molecule has 0 atom stereocenters. The second-order valence-corrected chi connectivity index (χ2v) is 5.75. The molecule has 1 heterocycles. The second kappa shape index (κ2) is 9.65. The van der Waals surface area contributed by atoms with Gasteiger partial charge in [-0.15, -0.1) is 0 Å². The molecule has 0 saturated carbocycles. The van der Waals surface area contributed by atoms with Gasteiger partial charge in [-0.25, -0.2) is 9.97 Å². The Bertz CT molecular complexity index is 607. The quantitative estimate of drug-likeness (QED) is 0.769. The zero-order valence-corrected chi connectivity index (χ0v) is 14.5. The molecule has 0 bridgehead atoms. The van der Waals surface area contributed by atoms with Crippen molar-refractivity contribution in [3.8, 4) is 0 Å². The molecule has 0 fully saturated rings. The fraction of sp³-hybridized carbons (Fsp3) is 0.421. The smallest absolute Gasteiger partial charge is 0.254 e. The predicted molar refractivity (Wildman–Crippen MR) is 97.3 cm³/mol. The Morgan fingerprint density at radius 2 is 1.67 bits per heavy atom. The molecule has 1 amide bonds. The van der Waals surface area contributed by atoms with Crippen LogP contribution < -0.4 is 10.2 Å². The lowest BCUT2D eigenvalue weighted by atomic mass is 10.1. The zero-order chi connectivity index (χ0) is 17.2. The minimum atomic E-state index is -0.130. The molecule has 1 aromatic heterocycles. The minimum Gasteiger partial charge on any atom is -0.352 e. The fourth-order valence-corrected chi connectivity index (χ4v) is 2.52. The molecular weight excluding hydrogens is 300 g/mol. The van der Waals surface area contributed by atoms with Crippen LogP contribution in [0.25, 0.3) is 0 Å². The summed E-state index contributed by atoms with van der Waals surface area (Å²) in [6.07, 6.45) is 6.12. The topological polar surface area (TPSA) is 58.1 Å². The van der Waals surface area contributed by atoms with Crippen LogP contribution >= 0.6 is 0 Å². The normalized spacial score (nSPS) is 10.4. The molecule has 0 unspecified atom stereocenters. The molecule has 5 heteroatoms. The summed E-state index contributed by atoms with van der Waals surface area (Å²) < 4.78 is 0. The lowest BCUT2D eigenvalue weighted by Gasteiger charge is -2.21. The van der Waals surface area contributed by atoms with Gasteiger partial charge in [-0.1, -0.05) is 44.2 Å². The maximum Gasteiger partial charge on any atom is 0.254 e. The van der Waals surface area contributed by atoms with E-state index >= 15 is 0 Å². The number of carbonyl (C=O) groups is 1. The van der Waals surface area contributed by atoms with Gasteiger partial charge in [-0.3, -0.25) is 4.79 Å². The highest BCUT2D eigenvalue weighted by atomic mass is 16.1. The fourth-order valence-electron chi connectivity index (χ4n) is 2.52. The van der Waals surface area contributed by atoms with Crippen LogP contribution in [0.1, 0.15) is 42.6 Å². The van der Waals surface area contributed by atoms with Crippen molar-refractivity contribution in [1.29, 1.82) is 0 Å². The summed E-state index contributed by atoms with van der Waals surface area (Å²) in [5.41, 5.74) is 1.71. The van der Waals surface area contributed by atoms with Crippen molar-refractivity contribution in [3.05, 3.63) is 53.9 Å². The number of nitrogens with zero attached hydrogens (tertiary/aromatic N) is 3. The molecule has 2 aromatic rings. The van der Waals surface area contributed by atoms with E-state index < -0.39 is 0 Å². The number of benzene rings is 1. The molecular formula is C19H26N4O. The number of aromatic nitrogens is 2. The lowest BCUT2D eigenvalue weighted by molar-refractivity contribution is 0.0953. The largest absolute Gasteiger partial charge is 0.352 e. The van der Waals surface area contributed by atoms with Gasteiger partial charge in [0, 0.05) is 32.0 Å². The molecule has 1 aromatic carbocycles. The van der Waals surface area contributed by atoms with Gasteiger partial charge >= 0.3 is 0 Å². The number of amides is 1. The van der Waals surface area contributed by atoms with Gasteiger partial charge in [0.25, 0.3) is 5.91 Å². The summed E-state index contributed by atoms with van der Waals surface area (Å²) in [5.74, 6) is 0.564. The average Bonchev–Trinajstić information content (AvgIpc) is 2.62. The third-order valence-corrected chi connectivity index (χ3v) is 3.71. The first kappa shape index (κ1) is 17.9. The van der Waals surface area contributed by atoms with Crippen LogP contribution in [0.4, 0.5) is 5.95 Å². The van der Waals surface area contributed by atoms with E-state index in [-0.39, 0.29) is 5.91 Å². The number of hydrogen-bond donors (Lipinski definition) is 1. The molecule has 0 aliphatic heterocycles. The van der Waals surface area contributed by atoms with E-state index in [4.69, 9.17) is 0 Å². The first-order valence-electron chi connectivity index (χ1n) is 8.63. The Balaban J connectivity index is 1.88. The third-order valence-electron chi connectivity index (χ3n) is 3.71. The Hall–Kier alpha value is -2.43. The number of hydrogen-bond acceptors (Lipinski definition) is 4. The SMILES string of the molecule is CCCN(CCC)c1ncc(C(=O)NCCc2ccccc2)cn1. The number of nitrogens with one attached hydrogen (secondary N) is 1. The van der Waals surface area contributed by atoms with E-state index in [0.29, 0.717) is 18.1 Å². The van der Waals surface area contributed by atoms with Gasteiger partial charge in [0.2, 0.25) is 5.95 Å². The van der Waals surface area contributed by atoms with Gasteiger partial charge in [-0.2, -0.15) is 0 Å². The van der Waals surface area contributed by atoms with Crippen molar-refractivity contribution in [2.24, 2.45) is 0 Å². The van der Waals surface area contributed by atoms with Crippen molar-refractivity contribution < 1.29 is 4.79 Å². The van der Waals surface area contributed by atoms with Crippen LogP contribution in [-0.2, 0) is 6.42 Å². The monoisotopic (exact) mass is 326 g/mol. The molecule has 0 radical (unpaired) electrons.